The highest BCUT2D eigenvalue weighted by atomic mass is 79.9. The lowest BCUT2D eigenvalue weighted by atomic mass is 9.49. The molecule has 0 unspecified atom stereocenters. The highest BCUT2D eigenvalue weighted by Gasteiger charge is 2.53. The molecule has 4 fully saturated rings. The molecule has 4 saturated carbocycles. The van der Waals surface area contributed by atoms with Crippen LogP contribution in [0.1, 0.15) is 49.9 Å². The molecule has 0 N–H and O–H groups in total. The van der Waals surface area contributed by atoms with Crippen molar-refractivity contribution < 1.29 is 0 Å². The predicted molar refractivity (Wildman–Crippen MR) is 95.3 cm³/mol. The number of aromatic nitrogens is 2. The lowest BCUT2D eigenvalue weighted by Gasteiger charge is -2.56. The second-order valence-electron chi connectivity index (χ2n) is 8.20. The van der Waals surface area contributed by atoms with Crippen molar-refractivity contribution in [2.75, 3.05) is 0 Å². The third kappa shape index (κ3) is 2.39. The van der Waals surface area contributed by atoms with Crippen LogP contribution in [-0.4, -0.2) is 9.55 Å². The molecule has 2 nitrogen and oxygen atoms in total. The topological polar surface area (TPSA) is 17.8 Å². The minimum Gasteiger partial charge on any atom is -0.330 e. The molecular formula is C20H23BrN2. The normalized spacial score (nSPS) is 34.9. The Balaban J connectivity index is 1.48. The van der Waals surface area contributed by atoms with Gasteiger partial charge in [-0.25, -0.2) is 4.98 Å². The Morgan fingerprint density at radius 1 is 1.00 bits per heavy atom. The maximum atomic E-state index is 4.87. The summed E-state index contributed by atoms with van der Waals surface area (Å²) < 4.78 is 3.57. The molecule has 4 bridgehead atoms. The quantitative estimate of drug-likeness (QED) is 0.729. The van der Waals surface area contributed by atoms with Crippen LogP contribution in [0.5, 0.6) is 0 Å². The summed E-state index contributed by atoms with van der Waals surface area (Å²) in [6, 6.07) is 8.70. The van der Waals surface area contributed by atoms with Crippen molar-refractivity contribution >= 4 is 15.9 Å². The second-order valence-corrected chi connectivity index (χ2v) is 9.12. The smallest absolute Gasteiger partial charge is 0.115 e. The maximum absolute atomic E-state index is 4.87. The Hall–Kier alpha value is -1.09. The van der Waals surface area contributed by atoms with Gasteiger partial charge in [0.2, 0.25) is 0 Å². The third-order valence-electron chi connectivity index (χ3n) is 6.49. The van der Waals surface area contributed by atoms with Gasteiger partial charge in [0, 0.05) is 28.8 Å². The van der Waals surface area contributed by atoms with Crippen LogP contribution in [0.3, 0.4) is 0 Å². The van der Waals surface area contributed by atoms with Crippen molar-refractivity contribution in [3.63, 3.8) is 0 Å². The molecule has 0 amide bonds. The molecule has 0 aliphatic heterocycles. The monoisotopic (exact) mass is 370 g/mol. The number of benzene rings is 1. The van der Waals surface area contributed by atoms with Crippen molar-refractivity contribution in [2.45, 2.75) is 50.5 Å². The van der Waals surface area contributed by atoms with Crippen LogP contribution in [0.15, 0.2) is 41.1 Å². The van der Waals surface area contributed by atoms with Gasteiger partial charge in [0.25, 0.3) is 0 Å². The van der Waals surface area contributed by atoms with Gasteiger partial charge < -0.3 is 4.57 Å². The van der Waals surface area contributed by atoms with Gasteiger partial charge in [0.1, 0.15) is 5.82 Å². The molecular weight excluding hydrogens is 348 g/mol. The Morgan fingerprint density at radius 2 is 1.61 bits per heavy atom. The molecule has 1 heterocycles. The average Bonchev–Trinajstić information content (AvgIpc) is 2.97. The summed E-state index contributed by atoms with van der Waals surface area (Å²) in [6.07, 6.45) is 12.8. The Kier molecular flexibility index (Phi) is 3.23. The molecule has 23 heavy (non-hydrogen) atoms. The maximum Gasteiger partial charge on any atom is 0.115 e. The first-order valence-electron chi connectivity index (χ1n) is 8.96. The molecule has 120 valence electrons. The molecule has 0 atom stereocenters. The van der Waals surface area contributed by atoms with E-state index in [1.54, 1.807) is 0 Å². The molecule has 6 rings (SSSR count). The molecule has 1 aromatic carbocycles. The first-order valence-corrected chi connectivity index (χ1v) is 9.75. The summed E-state index contributed by atoms with van der Waals surface area (Å²) in [6.45, 7) is 0.949. The van der Waals surface area contributed by atoms with Crippen LogP contribution in [0.4, 0.5) is 0 Å². The zero-order chi connectivity index (χ0) is 15.4. The van der Waals surface area contributed by atoms with Crippen LogP contribution in [0, 0.1) is 17.8 Å². The highest BCUT2D eigenvalue weighted by Crippen LogP contribution is 2.60. The fourth-order valence-corrected chi connectivity index (χ4v) is 6.33. The molecule has 3 heteroatoms. The Labute approximate surface area is 146 Å². The molecule has 1 aromatic heterocycles. The van der Waals surface area contributed by atoms with E-state index in [1.807, 2.05) is 6.20 Å². The van der Waals surface area contributed by atoms with E-state index in [0.29, 0.717) is 5.41 Å². The van der Waals surface area contributed by atoms with Crippen LogP contribution < -0.4 is 0 Å². The van der Waals surface area contributed by atoms with E-state index in [9.17, 15) is 0 Å². The average molecular weight is 371 g/mol. The molecule has 2 aromatic rings. The van der Waals surface area contributed by atoms with Crippen LogP contribution in [0.25, 0.3) is 0 Å². The summed E-state index contributed by atoms with van der Waals surface area (Å²) in [5.41, 5.74) is 1.74. The highest BCUT2D eigenvalue weighted by molar-refractivity contribution is 9.10. The Morgan fingerprint density at radius 3 is 2.22 bits per heavy atom. The molecule has 0 saturated heterocycles. The van der Waals surface area contributed by atoms with E-state index in [1.165, 1.54) is 49.9 Å². The molecule has 4 aliphatic carbocycles. The number of nitrogens with zero attached hydrogens (tertiary/aromatic N) is 2. The van der Waals surface area contributed by atoms with Crippen molar-refractivity contribution in [3.8, 4) is 0 Å². The standard InChI is InChI=1S/C20H23BrN2/c21-18-3-1-14(2-4-18)13-23-6-5-22-19(23)20-10-15-7-16(11-20)9-17(8-15)12-20/h1-6,15-17H,7-13H2. The SMILES string of the molecule is Brc1ccc(Cn2ccnc2C23CC4CC(CC(C4)C2)C3)cc1. The van der Waals surface area contributed by atoms with E-state index >= 15 is 0 Å². The molecule has 4 aliphatic rings. The summed E-state index contributed by atoms with van der Waals surface area (Å²) in [4.78, 5) is 4.87. The first-order chi connectivity index (χ1) is 11.2. The van der Waals surface area contributed by atoms with Crippen LogP contribution in [-0.2, 0) is 12.0 Å². The summed E-state index contributed by atoms with van der Waals surface area (Å²) in [7, 11) is 0. The number of imidazole rings is 1. The van der Waals surface area contributed by atoms with Crippen molar-refractivity contribution in [1.29, 1.82) is 0 Å². The van der Waals surface area contributed by atoms with Crippen LogP contribution >= 0.6 is 15.9 Å². The van der Waals surface area contributed by atoms with E-state index in [0.717, 1.165) is 28.8 Å². The second kappa shape index (κ2) is 5.20. The van der Waals surface area contributed by atoms with Crippen molar-refractivity contribution in [2.24, 2.45) is 17.8 Å². The zero-order valence-electron chi connectivity index (χ0n) is 13.4. The predicted octanol–water partition coefficient (Wildman–Crippen LogP) is 5.16. The van der Waals surface area contributed by atoms with Gasteiger partial charge in [-0.1, -0.05) is 28.1 Å². The van der Waals surface area contributed by atoms with Gasteiger partial charge in [-0.05, 0) is 74.0 Å². The van der Waals surface area contributed by atoms with E-state index in [-0.39, 0.29) is 0 Å². The van der Waals surface area contributed by atoms with Gasteiger partial charge >= 0.3 is 0 Å². The molecule has 0 spiro atoms. The van der Waals surface area contributed by atoms with E-state index in [2.05, 4.69) is 51.0 Å². The lowest BCUT2D eigenvalue weighted by molar-refractivity contribution is -0.0108. The number of rotatable bonds is 3. The van der Waals surface area contributed by atoms with Crippen molar-refractivity contribution in [1.82, 2.24) is 9.55 Å². The van der Waals surface area contributed by atoms with Gasteiger partial charge in [0.15, 0.2) is 0 Å². The molecule has 0 radical (unpaired) electrons. The first kappa shape index (κ1) is 14.3. The van der Waals surface area contributed by atoms with E-state index in [4.69, 9.17) is 4.98 Å². The summed E-state index contributed by atoms with van der Waals surface area (Å²) in [5, 5.41) is 0. The zero-order valence-corrected chi connectivity index (χ0v) is 15.0. The fraction of sp³-hybridized carbons (Fsp3) is 0.550. The van der Waals surface area contributed by atoms with Gasteiger partial charge in [-0.15, -0.1) is 0 Å². The van der Waals surface area contributed by atoms with E-state index < -0.39 is 0 Å². The largest absolute Gasteiger partial charge is 0.330 e. The fourth-order valence-electron chi connectivity index (χ4n) is 6.07. The third-order valence-corrected chi connectivity index (χ3v) is 7.02. The number of halogens is 1. The minimum absolute atomic E-state index is 0.383. The van der Waals surface area contributed by atoms with Gasteiger partial charge in [-0.2, -0.15) is 0 Å². The van der Waals surface area contributed by atoms with Crippen molar-refractivity contribution in [3.05, 3.63) is 52.5 Å². The minimum atomic E-state index is 0.383. The summed E-state index contributed by atoms with van der Waals surface area (Å²) >= 11 is 3.53. The van der Waals surface area contributed by atoms with Gasteiger partial charge in [0.05, 0.1) is 0 Å². The Bertz CT molecular complexity index is 680. The number of hydrogen-bond acceptors (Lipinski definition) is 1. The van der Waals surface area contributed by atoms with Gasteiger partial charge in [-0.3, -0.25) is 0 Å². The lowest BCUT2D eigenvalue weighted by Crippen LogP contribution is -2.49. The summed E-state index contributed by atoms with van der Waals surface area (Å²) in [5.74, 6) is 4.29. The number of hydrogen-bond donors (Lipinski definition) is 0. The van der Waals surface area contributed by atoms with Crippen LogP contribution in [0.2, 0.25) is 0 Å².